The molecule has 150 valence electrons. The zero-order valence-corrected chi connectivity index (χ0v) is 20.7. The Kier molecular flexibility index (Phi) is 11.9. The Labute approximate surface area is 192 Å². The standard InChI is InChI=1S/C18H22NP.C3H7NS2.Au/c19-17-13-7-8-14-18(17)20(15-9-3-1-4-10-15)16-11-5-2-6-12-16;1-4(2)3(5)6;/h1-6,9-12,17-18H,7-8,13-14,19H2;1-2H3,(H,5,6);/q;;+1. The van der Waals surface area contributed by atoms with Crippen LogP contribution in [0.25, 0.3) is 0 Å². The van der Waals surface area contributed by atoms with E-state index in [1.165, 1.54) is 36.3 Å². The molecule has 0 amide bonds. The van der Waals surface area contributed by atoms with E-state index in [0.717, 1.165) is 0 Å². The van der Waals surface area contributed by atoms with Crippen molar-refractivity contribution in [2.45, 2.75) is 37.4 Å². The molecule has 1 saturated carbocycles. The summed E-state index contributed by atoms with van der Waals surface area (Å²) < 4.78 is 0.509. The Bertz CT molecular complexity index is 631. The van der Waals surface area contributed by atoms with Crippen LogP contribution in [0.4, 0.5) is 0 Å². The van der Waals surface area contributed by atoms with Crippen LogP contribution in [-0.2, 0) is 35.0 Å². The second kappa shape index (κ2) is 13.0. The largest absolute Gasteiger partial charge is 1.00 e. The summed E-state index contributed by atoms with van der Waals surface area (Å²) >= 11 is 9.12. The molecule has 0 aliphatic heterocycles. The first-order valence-electron chi connectivity index (χ1n) is 9.12. The van der Waals surface area contributed by atoms with Crippen LogP contribution in [0.2, 0.25) is 0 Å². The molecule has 1 aliphatic carbocycles. The Morgan fingerprint density at radius 1 is 0.963 bits per heavy atom. The molecule has 1 aliphatic rings. The van der Waals surface area contributed by atoms with Crippen LogP contribution < -0.4 is 16.3 Å². The molecule has 2 unspecified atom stereocenters. The van der Waals surface area contributed by atoms with E-state index in [1.807, 2.05) is 14.1 Å². The molecule has 2 aromatic carbocycles. The molecule has 0 heterocycles. The van der Waals surface area contributed by atoms with Crippen LogP contribution >= 0.6 is 20.1 Å². The van der Waals surface area contributed by atoms with Crippen molar-refractivity contribution >= 4 is 47.7 Å². The molecule has 3 rings (SSSR count). The van der Waals surface area contributed by atoms with Gasteiger partial charge in [-0.2, -0.15) is 0 Å². The first-order chi connectivity index (χ1) is 12.5. The van der Waals surface area contributed by atoms with Crippen LogP contribution in [0.1, 0.15) is 25.7 Å². The van der Waals surface area contributed by atoms with Crippen LogP contribution in [0.15, 0.2) is 60.7 Å². The average Bonchev–Trinajstić information content (AvgIpc) is 2.66. The van der Waals surface area contributed by atoms with Crippen molar-refractivity contribution < 1.29 is 22.4 Å². The van der Waals surface area contributed by atoms with Crippen molar-refractivity contribution in [3.63, 3.8) is 0 Å². The summed E-state index contributed by atoms with van der Waals surface area (Å²) in [5, 5.41) is 3.01. The summed E-state index contributed by atoms with van der Waals surface area (Å²) in [7, 11) is 2.88. The fraction of sp³-hybridized carbons (Fsp3) is 0.381. The first kappa shape index (κ1) is 24.7. The molecule has 0 saturated heterocycles. The smallest absolute Gasteiger partial charge is 0.411 e. The molecule has 0 radical (unpaired) electrons. The van der Waals surface area contributed by atoms with Gasteiger partial charge < -0.3 is 35.5 Å². The summed E-state index contributed by atoms with van der Waals surface area (Å²) in [6, 6.07) is 22.4. The molecule has 0 spiro atoms. The van der Waals surface area contributed by atoms with Crippen molar-refractivity contribution in [3.8, 4) is 0 Å². The SMILES string of the molecule is CN(C)C(=S)[S-].NC1CCCCC1[PH+](c1ccccc1)c1ccccc1.[Au+]. The van der Waals surface area contributed by atoms with E-state index in [4.69, 9.17) is 5.73 Å². The molecule has 2 aromatic rings. The quantitative estimate of drug-likeness (QED) is 0.253. The Morgan fingerprint density at radius 3 is 1.74 bits per heavy atom. The van der Waals surface area contributed by atoms with Gasteiger partial charge in [0.25, 0.3) is 0 Å². The van der Waals surface area contributed by atoms with Crippen molar-refractivity contribution in [2.75, 3.05) is 14.1 Å². The van der Waals surface area contributed by atoms with Crippen LogP contribution in [0.5, 0.6) is 0 Å². The van der Waals surface area contributed by atoms with Gasteiger partial charge in [0, 0.05) is 20.1 Å². The number of hydrogen-bond donors (Lipinski definition) is 1. The maximum absolute atomic E-state index is 6.48. The van der Waals surface area contributed by atoms with Crippen molar-refractivity contribution in [1.29, 1.82) is 0 Å². The molecular weight excluding hydrogens is 572 g/mol. The second-order valence-electron chi connectivity index (χ2n) is 6.86. The monoisotopic (exact) mass is 601 g/mol. The first-order valence-corrected chi connectivity index (χ1v) is 11.5. The minimum Gasteiger partial charge on any atom is -0.411 e. The third-order valence-corrected chi connectivity index (χ3v) is 8.82. The molecule has 2 nitrogen and oxygen atoms in total. The van der Waals surface area contributed by atoms with E-state index in [2.05, 4.69) is 85.5 Å². The zero-order chi connectivity index (χ0) is 18.9. The minimum absolute atomic E-state index is 0. The Hall–Kier alpha value is -0.320. The third-order valence-electron chi connectivity index (χ3n) is 4.72. The zero-order valence-electron chi connectivity index (χ0n) is 15.9. The van der Waals surface area contributed by atoms with E-state index in [9.17, 15) is 0 Å². The minimum atomic E-state index is -0.774. The normalized spacial score (nSPS) is 18.7. The predicted octanol–water partition coefficient (Wildman–Crippen LogP) is 3.50. The fourth-order valence-corrected chi connectivity index (χ4v) is 6.73. The van der Waals surface area contributed by atoms with Gasteiger partial charge in [0.1, 0.15) is 0 Å². The molecule has 0 aromatic heterocycles. The molecule has 2 atom stereocenters. The number of benzene rings is 2. The summed E-state index contributed by atoms with van der Waals surface area (Å²) in [6.45, 7) is 0. The van der Waals surface area contributed by atoms with Crippen molar-refractivity contribution in [1.82, 2.24) is 4.90 Å². The summed E-state index contributed by atoms with van der Waals surface area (Å²) in [6.07, 6.45) is 5.13. The van der Waals surface area contributed by atoms with Gasteiger partial charge in [-0.05, 0) is 43.5 Å². The number of nitrogens with two attached hydrogens (primary N) is 1. The maximum Gasteiger partial charge on any atom is 1.00 e. The van der Waals surface area contributed by atoms with Gasteiger partial charge >= 0.3 is 22.4 Å². The predicted molar refractivity (Wildman–Crippen MR) is 124 cm³/mol. The number of rotatable bonds is 3. The number of hydrogen-bond acceptors (Lipinski definition) is 3. The van der Waals surface area contributed by atoms with E-state index < -0.39 is 7.92 Å². The Morgan fingerprint density at radius 2 is 1.37 bits per heavy atom. The third kappa shape index (κ3) is 7.91. The molecule has 2 N–H and O–H groups in total. The molecule has 6 heteroatoms. The summed E-state index contributed by atoms with van der Waals surface area (Å²) in [5.74, 6) is 0. The molecular formula is C21H29AuN2PS2+. The second-order valence-corrected chi connectivity index (χ2v) is 10.6. The van der Waals surface area contributed by atoms with E-state index >= 15 is 0 Å². The van der Waals surface area contributed by atoms with Crippen molar-refractivity contribution in [2.24, 2.45) is 5.73 Å². The van der Waals surface area contributed by atoms with Gasteiger partial charge in [0.15, 0.2) is 0 Å². The van der Waals surface area contributed by atoms with Crippen LogP contribution in [0.3, 0.4) is 0 Å². The summed E-state index contributed by atoms with van der Waals surface area (Å²) in [5.41, 5.74) is 7.15. The summed E-state index contributed by atoms with van der Waals surface area (Å²) in [4.78, 5) is 1.71. The van der Waals surface area contributed by atoms with Crippen molar-refractivity contribution in [3.05, 3.63) is 60.7 Å². The van der Waals surface area contributed by atoms with Gasteiger partial charge in [-0.25, -0.2) is 0 Å². The van der Waals surface area contributed by atoms with E-state index in [1.54, 1.807) is 4.90 Å². The number of nitrogens with zero attached hydrogens (tertiary/aromatic N) is 1. The van der Waals surface area contributed by atoms with Crippen LogP contribution in [0, 0.1) is 0 Å². The van der Waals surface area contributed by atoms with Crippen LogP contribution in [-0.4, -0.2) is 35.0 Å². The number of thiocarbonyl (C=S) groups is 1. The van der Waals surface area contributed by atoms with Gasteiger partial charge in [-0.1, -0.05) is 47.1 Å². The van der Waals surface area contributed by atoms with Gasteiger partial charge in [0.05, 0.1) is 24.2 Å². The molecule has 27 heavy (non-hydrogen) atoms. The topological polar surface area (TPSA) is 29.3 Å². The van der Waals surface area contributed by atoms with Gasteiger partial charge in [-0.15, -0.1) is 0 Å². The van der Waals surface area contributed by atoms with E-state index in [0.29, 0.717) is 16.0 Å². The van der Waals surface area contributed by atoms with Gasteiger partial charge in [0.2, 0.25) is 0 Å². The Balaban J connectivity index is 0.000000456. The molecule has 1 fully saturated rings. The molecule has 0 bridgehead atoms. The van der Waals surface area contributed by atoms with Gasteiger partial charge in [-0.3, -0.25) is 0 Å². The van der Waals surface area contributed by atoms with E-state index in [-0.39, 0.29) is 22.4 Å². The maximum atomic E-state index is 6.48. The fourth-order valence-electron chi connectivity index (χ4n) is 3.35. The average molecular weight is 602 g/mol.